The summed E-state index contributed by atoms with van der Waals surface area (Å²) >= 11 is 0. The smallest absolute Gasteiger partial charge is 0.222 e. The topological polar surface area (TPSA) is 77.5 Å². The van der Waals surface area contributed by atoms with Crippen LogP contribution < -0.4 is 0 Å². The van der Waals surface area contributed by atoms with Gasteiger partial charge in [-0.15, -0.1) is 0 Å². The number of hydrogen-bond acceptors (Lipinski definition) is 6. The molecule has 2 amide bonds. The Hall–Kier alpha value is -1.22. The predicted molar refractivity (Wildman–Crippen MR) is 115 cm³/mol. The Morgan fingerprint density at radius 3 is 1.13 bits per heavy atom. The molecule has 0 radical (unpaired) electrons. The Labute approximate surface area is 182 Å². The van der Waals surface area contributed by atoms with E-state index in [1.54, 1.807) is 0 Å². The number of carbonyl (C=O) groups excluding carboxylic acids is 2. The lowest BCUT2D eigenvalue weighted by Crippen LogP contribution is -2.38. The van der Waals surface area contributed by atoms with E-state index in [4.69, 9.17) is 18.9 Å². The molecule has 0 N–H and O–H groups in total. The van der Waals surface area contributed by atoms with Crippen molar-refractivity contribution in [3.8, 4) is 0 Å². The lowest BCUT2D eigenvalue weighted by molar-refractivity contribution is -0.134. The van der Waals surface area contributed by atoms with Gasteiger partial charge in [-0.1, -0.05) is 26.7 Å². The van der Waals surface area contributed by atoms with Gasteiger partial charge in [-0.2, -0.15) is 0 Å². The highest BCUT2D eigenvalue weighted by Gasteiger charge is 2.14. The van der Waals surface area contributed by atoms with E-state index in [0.29, 0.717) is 91.9 Å². The van der Waals surface area contributed by atoms with Crippen LogP contribution in [0.1, 0.15) is 52.4 Å². The summed E-state index contributed by atoms with van der Waals surface area (Å²) in [5, 5.41) is 0. The number of rotatable bonds is 6. The number of ether oxygens (including phenoxy) is 4. The van der Waals surface area contributed by atoms with Crippen LogP contribution in [0.15, 0.2) is 0 Å². The maximum Gasteiger partial charge on any atom is 0.222 e. The monoisotopic (exact) mass is 430 g/mol. The Bertz CT molecular complexity index is 389. The zero-order valence-electron chi connectivity index (χ0n) is 19.1. The second kappa shape index (κ2) is 18.5. The van der Waals surface area contributed by atoms with Crippen LogP contribution in [0.5, 0.6) is 0 Å². The van der Waals surface area contributed by atoms with Crippen molar-refractivity contribution in [1.82, 2.24) is 9.80 Å². The summed E-state index contributed by atoms with van der Waals surface area (Å²) in [6.45, 7) is 10.2. The number of carbonyl (C=O) groups is 2. The van der Waals surface area contributed by atoms with E-state index in [9.17, 15) is 9.59 Å². The second-order valence-corrected chi connectivity index (χ2v) is 7.42. The molecule has 1 heterocycles. The largest absolute Gasteiger partial charge is 0.377 e. The molecule has 8 heteroatoms. The molecule has 0 aromatic rings. The Morgan fingerprint density at radius 1 is 0.567 bits per heavy atom. The van der Waals surface area contributed by atoms with Crippen molar-refractivity contribution >= 4 is 11.8 Å². The lowest BCUT2D eigenvalue weighted by Gasteiger charge is -2.24. The summed E-state index contributed by atoms with van der Waals surface area (Å²) < 4.78 is 22.5. The SMILES string of the molecule is CCCCC(=O)N1CCOCCOCCN(C(=O)CCCC)CCOCCOCC1. The van der Waals surface area contributed by atoms with E-state index in [2.05, 4.69) is 13.8 Å². The van der Waals surface area contributed by atoms with Gasteiger partial charge < -0.3 is 28.7 Å². The van der Waals surface area contributed by atoms with Gasteiger partial charge in [0, 0.05) is 39.0 Å². The summed E-state index contributed by atoms with van der Waals surface area (Å²) in [5.74, 6) is 0.303. The van der Waals surface area contributed by atoms with E-state index in [0.717, 1.165) is 25.7 Å². The van der Waals surface area contributed by atoms with Crippen LogP contribution in [0, 0.1) is 0 Å². The highest BCUT2D eigenvalue weighted by atomic mass is 16.5. The zero-order chi connectivity index (χ0) is 21.9. The highest BCUT2D eigenvalue weighted by Crippen LogP contribution is 2.03. The van der Waals surface area contributed by atoms with Crippen molar-refractivity contribution in [2.24, 2.45) is 0 Å². The van der Waals surface area contributed by atoms with Crippen LogP contribution in [-0.4, -0.2) is 101 Å². The number of hydrogen-bond donors (Lipinski definition) is 0. The van der Waals surface area contributed by atoms with Crippen LogP contribution >= 0.6 is 0 Å². The van der Waals surface area contributed by atoms with Crippen LogP contribution in [0.2, 0.25) is 0 Å². The van der Waals surface area contributed by atoms with Crippen molar-refractivity contribution in [2.75, 3.05) is 79.0 Å². The fourth-order valence-corrected chi connectivity index (χ4v) is 3.04. The zero-order valence-corrected chi connectivity index (χ0v) is 19.1. The van der Waals surface area contributed by atoms with Gasteiger partial charge in [0.15, 0.2) is 0 Å². The molecule has 0 unspecified atom stereocenters. The van der Waals surface area contributed by atoms with E-state index >= 15 is 0 Å². The molecule has 1 aliphatic heterocycles. The van der Waals surface area contributed by atoms with E-state index in [-0.39, 0.29) is 11.8 Å². The second-order valence-electron chi connectivity index (χ2n) is 7.42. The average molecular weight is 431 g/mol. The summed E-state index contributed by atoms with van der Waals surface area (Å²) in [7, 11) is 0. The van der Waals surface area contributed by atoms with E-state index in [1.165, 1.54) is 0 Å². The summed E-state index contributed by atoms with van der Waals surface area (Å²) in [4.78, 5) is 28.4. The maximum absolute atomic E-state index is 12.4. The number of amides is 2. The maximum atomic E-state index is 12.4. The van der Waals surface area contributed by atoms with Crippen molar-refractivity contribution in [2.45, 2.75) is 52.4 Å². The molecule has 1 saturated heterocycles. The van der Waals surface area contributed by atoms with Crippen molar-refractivity contribution in [3.05, 3.63) is 0 Å². The molecule has 0 aliphatic carbocycles. The first-order chi connectivity index (χ1) is 14.7. The molecule has 0 aromatic heterocycles. The first-order valence-corrected chi connectivity index (χ1v) is 11.6. The Morgan fingerprint density at radius 2 is 0.867 bits per heavy atom. The van der Waals surface area contributed by atoms with Crippen molar-refractivity contribution in [1.29, 1.82) is 0 Å². The molecule has 176 valence electrons. The molecule has 1 fully saturated rings. The van der Waals surface area contributed by atoms with Crippen LogP contribution in [-0.2, 0) is 28.5 Å². The first kappa shape index (κ1) is 26.8. The molecule has 0 bridgehead atoms. The predicted octanol–water partition coefficient (Wildman–Crippen LogP) is 2.10. The van der Waals surface area contributed by atoms with Gasteiger partial charge >= 0.3 is 0 Å². The molecular weight excluding hydrogens is 388 g/mol. The van der Waals surface area contributed by atoms with Crippen LogP contribution in [0.25, 0.3) is 0 Å². The fraction of sp³-hybridized carbons (Fsp3) is 0.909. The average Bonchev–Trinajstić information content (AvgIpc) is 2.75. The number of nitrogens with zero attached hydrogens (tertiary/aromatic N) is 2. The summed E-state index contributed by atoms with van der Waals surface area (Å²) in [6.07, 6.45) is 4.94. The van der Waals surface area contributed by atoms with Gasteiger partial charge in [-0.3, -0.25) is 9.59 Å². The molecule has 30 heavy (non-hydrogen) atoms. The molecule has 0 saturated carbocycles. The standard InChI is InChI=1S/C22H42N2O6/c1-3-5-7-21(25)23-9-13-27-17-19-29-15-11-24(22(26)8-6-4-2)12-16-30-20-18-28-14-10-23/h3-20H2,1-2H3. The normalized spacial score (nSPS) is 19.1. The third-order valence-electron chi connectivity index (χ3n) is 4.96. The van der Waals surface area contributed by atoms with Gasteiger partial charge in [0.25, 0.3) is 0 Å². The van der Waals surface area contributed by atoms with Gasteiger partial charge in [0.2, 0.25) is 11.8 Å². The molecule has 0 aromatic carbocycles. The van der Waals surface area contributed by atoms with Gasteiger partial charge in [0.05, 0.1) is 52.9 Å². The molecule has 1 aliphatic rings. The molecular formula is C22H42N2O6. The summed E-state index contributed by atoms with van der Waals surface area (Å²) in [5.41, 5.74) is 0. The fourth-order valence-electron chi connectivity index (χ4n) is 3.04. The molecule has 8 nitrogen and oxygen atoms in total. The van der Waals surface area contributed by atoms with E-state index in [1.807, 2.05) is 9.80 Å². The van der Waals surface area contributed by atoms with Gasteiger partial charge in [-0.05, 0) is 12.8 Å². The van der Waals surface area contributed by atoms with Gasteiger partial charge in [0.1, 0.15) is 0 Å². The first-order valence-electron chi connectivity index (χ1n) is 11.6. The van der Waals surface area contributed by atoms with E-state index < -0.39 is 0 Å². The lowest BCUT2D eigenvalue weighted by atomic mass is 10.2. The minimum atomic E-state index is 0.152. The third kappa shape index (κ3) is 13.2. The minimum Gasteiger partial charge on any atom is -0.377 e. The quantitative estimate of drug-likeness (QED) is 0.642. The Kier molecular flexibility index (Phi) is 16.6. The summed E-state index contributed by atoms with van der Waals surface area (Å²) in [6, 6.07) is 0. The highest BCUT2D eigenvalue weighted by molar-refractivity contribution is 5.76. The van der Waals surface area contributed by atoms with Crippen LogP contribution in [0.3, 0.4) is 0 Å². The van der Waals surface area contributed by atoms with Crippen molar-refractivity contribution < 1.29 is 28.5 Å². The minimum absolute atomic E-state index is 0.152. The van der Waals surface area contributed by atoms with Crippen LogP contribution in [0.4, 0.5) is 0 Å². The number of unbranched alkanes of at least 4 members (excludes halogenated alkanes) is 2. The molecule has 1 rings (SSSR count). The third-order valence-corrected chi connectivity index (χ3v) is 4.96. The Balaban J connectivity index is 2.45. The van der Waals surface area contributed by atoms with Crippen molar-refractivity contribution in [3.63, 3.8) is 0 Å². The molecule has 0 spiro atoms. The van der Waals surface area contributed by atoms with Gasteiger partial charge in [-0.25, -0.2) is 0 Å². The molecule has 0 atom stereocenters.